The molecule has 2 aromatic rings. The average Bonchev–Trinajstić information content (AvgIpc) is 2.87. The maximum Gasteiger partial charge on any atom is 0.231 e. The van der Waals surface area contributed by atoms with Gasteiger partial charge in [0, 0.05) is 6.61 Å². The Morgan fingerprint density at radius 3 is 2.63 bits per heavy atom. The highest BCUT2D eigenvalue weighted by molar-refractivity contribution is 5.27. The molecule has 0 aliphatic carbocycles. The lowest BCUT2D eigenvalue weighted by Crippen LogP contribution is -2.05. The Morgan fingerprint density at radius 1 is 1.26 bits per heavy atom. The molecule has 0 fully saturated rings. The minimum atomic E-state index is -0.109. The van der Waals surface area contributed by atoms with Gasteiger partial charge < -0.3 is 14.4 Å². The quantitative estimate of drug-likeness (QED) is 0.867. The fourth-order valence-corrected chi connectivity index (χ4v) is 1.84. The maximum atomic E-state index is 9.22. The summed E-state index contributed by atoms with van der Waals surface area (Å²) >= 11 is 0. The molecule has 0 amide bonds. The van der Waals surface area contributed by atoms with E-state index in [9.17, 15) is 5.11 Å². The molecule has 1 N–H and O–H groups in total. The lowest BCUT2D eigenvalue weighted by molar-refractivity contribution is 0.0518. The van der Waals surface area contributed by atoms with Gasteiger partial charge in [-0.2, -0.15) is 4.98 Å². The van der Waals surface area contributed by atoms with Crippen molar-refractivity contribution in [1.29, 1.82) is 0 Å². The Kier molecular flexibility index (Phi) is 4.52. The van der Waals surface area contributed by atoms with Crippen LogP contribution in [0.3, 0.4) is 0 Å². The number of hydrogen-bond donors (Lipinski definition) is 1. The van der Waals surface area contributed by atoms with E-state index < -0.39 is 0 Å². The Morgan fingerprint density at radius 2 is 2.00 bits per heavy atom. The summed E-state index contributed by atoms with van der Waals surface area (Å²) in [6, 6.07) is 6.95. The molecule has 0 aliphatic rings. The molecule has 1 heterocycles. The van der Waals surface area contributed by atoms with Crippen LogP contribution in [-0.2, 0) is 11.2 Å². The first-order chi connectivity index (χ1) is 9.22. The minimum Gasteiger partial charge on any atom is -0.508 e. The molecule has 1 unspecified atom stereocenters. The lowest BCUT2D eigenvalue weighted by Gasteiger charge is -2.09. The number of phenols is 1. The number of aromatic hydroxyl groups is 1. The second-order valence-electron chi connectivity index (χ2n) is 4.24. The number of hydrogen-bond acceptors (Lipinski definition) is 5. The summed E-state index contributed by atoms with van der Waals surface area (Å²) in [5.74, 6) is 1.40. The van der Waals surface area contributed by atoms with Gasteiger partial charge >= 0.3 is 0 Å². The van der Waals surface area contributed by atoms with Gasteiger partial charge in [0.25, 0.3) is 0 Å². The van der Waals surface area contributed by atoms with E-state index >= 15 is 0 Å². The Balaban J connectivity index is 2.06. The molecule has 19 heavy (non-hydrogen) atoms. The van der Waals surface area contributed by atoms with Crippen molar-refractivity contribution in [2.45, 2.75) is 32.8 Å². The van der Waals surface area contributed by atoms with Crippen molar-refractivity contribution >= 4 is 0 Å². The number of benzene rings is 1. The standard InChI is InChI=1S/C14H18N2O3/c1-3-12(18-4-2)14-15-13(19-16-14)9-10-5-7-11(17)8-6-10/h5-8,12,17H,3-4,9H2,1-2H3. The molecule has 2 rings (SSSR count). The monoisotopic (exact) mass is 262 g/mol. The molecule has 0 saturated carbocycles. The van der Waals surface area contributed by atoms with Crippen molar-refractivity contribution < 1.29 is 14.4 Å². The molecule has 0 spiro atoms. The van der Waals surface area contributed by atoms with Crippen LogP contribution < -0.4 is 0 Å². The first kappa shape index (κ1) is 13.5. The molecule has 0 radical (unpaired) electrons. The summed E-state index contributed by atoms with van der Waals surface area (Å²) in [5, 5.41) is 13.2. The summed E-state index contributed by atoms with van der Waals surface area (Å²) in [5.41, 5.74) is 1.01. The smallest absolute Gasteiger partial charge is 0.231 e. The third-order valence-electron chi connectivity index (χ3n) is 2.80. The van der Waals surface area contributed by atoms with Gasteiger partial charge in [-0.15, -0.1) is 0 Å². The molecule has 5 heteroatoms. The summed E-state index contributed by atoms with van der Waals surface area (Å²) in [6.07, 6.45) is 1.25. The zero-order valence-electron chi connectivity index (χ0n) is 11.2. The molecular formula is C14H18N2O3. The highest BCUT2D eigenvalue weighted by Crippen LogP contribution is 2.19. The van der Waals surface area contributed by atoms with Crippen LogP contribution in [-0.4, -0.2) is 21.9 Å². The van der Waals surface area contributed by atoms with Gasteiger partial charge in [0.1, 0.15) is 11.9 Å². The fourth-order valence-electron chi connectivity index (χ4n) is 1.84. The molecule has 1 atom stereocenters. The zero-order valence-corrected chi connectivity index (χ0v) is 11.2. The normalized spacial score (nSPS) is 12.5. The molecule has 0 bridgehead atoms. The molecular weight excluding hydrogens is 244 g/mol. The molecule has 102 valence electrons. The summed E-state index contributed by atoms with van der Waals surface area (Å²) in [4.78, 5) is 4.35. The van der Waals surface area contributed by atoms with E-state index in [1.54, 1.807) is 12.1 Å². The summed E-state index contributed by atoms with van der Waals surface area (Å²) < 4.78 is 10.8. The van der Waals surface area contributed by atoms with Gasteiger partial charge in [-0.3, -0.25) is 0 Å². The van der Waals surface area contributed by atoms with Gasteiger partial charge in [0.2, 0.25) is 11.7 Å². The van der Waals surface area contributed by atoms with Gasteiger partial charge in [0.15, 0.2) is 0 Å². The van der Waals surface area contributed by atoms with Crippen LogP contribution in [0.25, 0.3) is 0 Å². The van der Waals surface area contributed by atoms with Gasteiger partial charge in [-0.1, -0.05) is 24.2 Å². The largest absolute Gasteiger partial charge is 0.508 e. The van der Waals surface area contributed by atoms with Gasteiger partial charge in [0.05, 0.1) is 6.42 Å². The van der Waals surface area contributed by atoms with Crippen LogP contribution in [0.4, 0.5) is 0 Å². The van der Waals surface area contributed by atoms with Gasteiger partial charge in [-0.25, -0.2) is 0 Å². The number of nitrogens with zero attached hydrogens (tertiary/aromatic N) is 2. The zero-order chi connectivity index (χ0) is 13.7. The second-order valence-corrected chi connectivity index (χ2v) is 4.24. The average molecular weight is 262 g/mol. The Labute approximate surface area is 112 Å². The second kappa shape index (κ2) is 6.33. The molecule has 1 aromatic carbocycles. The highest BCUT2D eigenvalue weighted by Gasteiger charge is 2.16. The lowest BCUT2D eigenvalue weighted by atomic mass is 10.1. The van der Waals surface area contributed by atoms with Crippen LogP contribution in [0.5, 0.6) is 5.75 Å². The first-order valence-corrected chi connectivity index (χ1v) is 6.45. The predicted octanol–water partition coefficient (Wildman–Crippen LogP) is 2.85. The fraction of sp³-hybridized carbons (Fsp3) is 0.429. The predicted molar refractivity (Wildman–Crippen MR) is 69.9 cm³/mol. The van der Waals surface area contributed by atoms with Crippen molar-refractivity contribution in [3.05, 3.63) is 41.5 Å². The number of rotatable bonds is 6. The van der Waals surface area contributed by atoms with E-state index in [1.165, 1.54) is 0 Å². The third-order valence-corrected chi connectivity index (χ3v) is 2.80. The topological polar surface area (TPSA) is 68.4 Å². The SMILES string of the molecule is CCOC(CC)c1noc(Cc2ccc(O)cc2)n1. The minimum absolute atomic E-state index is 0.109. The van der Waals surface area contributed by atoms with E-state index in [1.807, 2.05) is 26.0 Å². The van der Waals surface area contributed by atoms with Crippen molar-refractivity contribution in [3.63, 3.8) is 0 Å². The first-order valence-electron chi connectivity index (χ1n) is 6.45. The van der Waals surface area contributed by atoms with E-state index in [0.717, 1.165) is 12.0 Å². The maximum absolute atomic E-state index is 9.22. The molecule has 0 saturated heterocycles. The van der Waals surface area contributed by atoms with Crippen LogP contribution in [0.2, 0.25) is 0 Å². The van der Waals surface area contributed by atoms with Crippen molar-refractivity contribution in [2.24, 2.45) is 0 Å². The number of aromatic nitrogens is 2. The van der Waals surface area contributed by atoms with Crippen molar-refractivity contribution in [1.82, 2.24) is 10.1 Å². The Hall–Kier alpha value is -1.88. The Bertz CT molecular complexity index is 508. The van der Waals surface area contributed by atoms with E-state index in [2.05, 4.69) is 10.1 Å². The molecule has 0 aliphatic heterocycles. The van der Waals surface area contributed by atoms with Crippen LogP contribution >= 0.6 is 0 Å². The van der Waals surface area contributed by atoms with E-state index in [-0.39, 0.29) is 11.9 Å². The highest BCUT2D eigenvalue weighted by atomic mass is 16.5. The third kappa shape index (κ3) is 3.54. The number of phenolic OH excluding ortho intramolecular Hbond substituents is 1. The van der Waals surface area contributed by atoms with Crippen LogP contribution in [0, 0.1) is 0 Å². The molecule has 1 aromatic heterocycles. The van der Waals surface area contributed by atoms with Crippen LogP contribution in [0.1, 0.15) is 43.7 Å². The summed E-state index contributed by atoms with van der Waals surface area (Å²) in [6.45, 7) is 4.59. The van der Waals surface area contributed by atoms with E-state index in [4.69, 9.17) is 9.26 Å². The van der Waals surface area contributed by atoms with Crippen molar-refractivity contribution in [2.75, 3.05) is 6.61 Å². The van der Waals surface area contributed by atoms with Crippen molar-refractivity contribution in [3.8, 4) is 5.75 Å². The van der Waals surface area contributed by atoms with Gasteiger partial charge in [-0.05, 0) is 31.0 Å². The van der Waals surface area contributed by atoms with E-state index in [0.29, 0.717) is 24.7 Å². The molecule has 5 nitrogen and oxygen atoms in total. The summed E-state index contributed by atoms with van der Waals surface area (Å²) in [7, 11) is 0. The van der Waals surface area contributed by atoms with Crippen LogP contribution in [0.15, 0.2) is 28.8 Å². The number of ether oxygens (including phenoxy) is 1.